The highest BCUT2D eigenvalue weighted by atomic mass is 16.5. The molecule has 0 aromatic heterocycles. The van der Waals surface area contributed by atoms with Crippen molar-refractivity contribution in [2.45, 2.75) is 19.4 Å². The Morgan fingerprint density at radius 1 is 1.00 bits per heavy atom. The number of hydrogen-bond donors (Lipinski definition) is 1. The first-order valence-electron chi connectivity index (χ1n) is 6.75. The van der Waals surface area contributed by atoms with Crippen LogP contribution in [-0.4, -0.2) is 5.11 Å². The zero-order chi connectivity index (χ0) is 13.2. The maximum atomic E-state index is 10.2. The molecule has 0 bridgehead atoms. The minimum atomic E-state index is -0.333. The Kier molecular flexibility index (Phi) is 3.26. The number of rotatable bonds is 4. The highest BCUT2D eigenvalue weighted by Gasteiger charge is 2.39. The van der Waals surface area contributed by atoms with Crippen molar-refractivity contribution < 1.29 is 9.84 Å². The molecule has 3 rings (SSSR count). The molecule has 2 nitrogen and oxygen atoms in total. The molecule has 0 saturated heterocycles. The predicted octanol–water partition coefficient (Wildman–Crippen LogP) is 4.17. The maximum Gasteiger partial charge on any atom is 0.127 e. The number of aliphatic hydroxyl groups is 1. The van der Waals surface area contributed by atoms with Crippen molar-refractivity contribution in [1.29, 1.82) is 0 Å². The normalized spacial score (nSPS) is 22.8. The van der Waals surface area contributed by atoms with Crippen LogP contribution in [0, 0.1) is 11.8 Å². The molecule has 2 heteroatoms. The molecule has 98 valence electrons. The van der Waals surface area contributed by atoms with Gasteiger partial charge in [0.05, 0.1) is 6.10 Å². The van der Waals surface area contributed by atoms with Crippen LogP contribution in [-0.2, 0) is 0 Å². The van der Waals surface area contributed by atoms with Crippen molar-refractivity contribution >= 4 is 0 Å². The molecular formula is C17H18O2. The first kappa shape index (κ1) is 12.2. The Labute approximate surface area is 113 Å². The van der Waals surface area contributed by atoms with Crippen molar-refractivity contribution in [3.63, 3.8) is 0 Å². The summed E-state index contributed by atoms with van der Waals surface area (Å²) >= 11 is 0. The van der Waals surface area contributed by atoms with E-state index in [9.17, 15) is 5.11 Å². The molecule has 1 aliphatic rings. The van der Waals surface area contributed by atoms with Crippen LogP contribution in [0.2, 0.25) is 0 Å². The second-order valence-electron chi connectivity index (χ2n) is 5.31. The van der Waals surface area contributed by atoms with E-state index >= 15 is 0 Å². The Bertz CT molecular complexity index is 533. The van der Waals surface area contributed by atoms with Gasteiger partial charge < -0.3 is 9.84 Å². The Hall–Kier alpha value is -1.80. The van der Waals surface area contributed by atoms with Crippen molar-refractivity contribution in [3.05, 3.63) is 60.2 Å². The summed E-state index contributed by atoms with van der Waals surface area (Å²) < 4.78 is 5.73. The van der Waals surface area contributed by atoms with Crippen LogP contribution < -0.4 is 4.74 Å². The van der Waals surface area contributed by atoms with E-state index < -0.39 is 0 Å². The Balaban J connectivity index is 1.69. The molecule has 0 spiro atoms. The smallest absolute Gasteiger partial charge is 0.127 e. The van der Waals surface area contributed by atoms with Gasteiger partial charge in [0.25, 0.3) is 0 Å². The molecule has 0 radical (unpaired) electrons. The fourth-order valence-electron chi connectivity index (χ4n) is 2.40. The van der Waals surface area contributed by atoms with Gasteiger partial charge in [-0.15, -0.1) is 0 Å². The highest BCUT2D eigenvalue weighted by Crippen LogP contribution is 2.46. The fraction of sp³-hybridized carbons (Fsp3) is 0.294. The molecule has 0 amide bonds. The number of benzene rings is 2. The number of ether oxygens (including phenoxy) is 1. The molecule has 0 heterocycles. The number of aliphatic hydroxyl groups excluding tert-OH is 1. The lowest BCUT2D eigenvalue weighted by Gasteiger charge is -2.11. The van der Waals surface area contributed by atoms with Crippen LogP contribution in [0.1, 0.15) is 25.0 Å². The van der Waals surface area contributed by atoms with Crippen LogP contribution >= 0.6 is 0 Å². The molecular weight excluding hydrogens is 236 g/mol. The molecule has 2 aromatic carbocycles. The molecule has 1 aliphatic carbocycles. The van der Waals surface area contributed by atoms with Crippen LogP contribution in [0.4, 0.5) is 0 Å². The number of hydrogen-bond acceptors (Lipinski definition) is 2. The van der Waals surface area contributed by atoms with E-state index in [1.54, 1.807) is 0 Å². The van der Waals surface area contributed by atoms with E-state index in [1.807, 2.05) is 54.6 Å². The van der Waals surface area contributed by atoms with Gasteiger partial charge >= 0.3 is 0 Å². The van der Waals surface area contributed by atoms with Crippen molar-refractivity contribution in [1.82, 2.24) is 0 Å². The fourth-order valence-corrected chi connectivity index (χ4v) is 2.40. The first-order chi connectivity index (χ1) is 9.24. The molecule has 2 aromatic rings. The minimum absolute atomic E-state index is 0.333. The summed E-state index contributed by atoms with van der Waals surface area (Å²) in [7, 11) is 0. The van der Waals surface area contributed by atoms with Gasteiger partial charge in [-0.25, -0.2) is 0 Å². The van der Waals surface area contributed by atoms with Gasteiger partial charge in [-0.1, -0.05) is 37.3 Å². The van der Waals surface area contributed by atoms with Gasteiger partial charge in [-0.2, -0.15) is 0 Å². The van der Waals surface area contributed by atoms with E-state index in [0.717, 1.165) is 23.5 Å². The van der Waals surface area contributed by atoms with Gasteiger partial charge in [-0.3, -0.25) is 0 Å². The van der Waals surface area contributed by atoms with Crippen LogP contribution in [0.15, 0.2) is 54.6 Å². The molecule has 0 aliphatic heterocycles. The molecule has 1 saturated carbocycles. The summed E-state index contributed by atoms with van der Waals surface area (Å²) in [6.45, 7) is 2.18. The lowest BCUT2D eigenvalue weighted by Crippen LogP contribution is -2.00. The summed E-state index contributed by atoms with van der Waals surface area (Å²) in [5.41, 5.74) is 0.981. The summed E-state index contributed by atoms with van der Waals surface area (Å²) in [6.07, 6.45) is 0.796. The van der Waals surface area contributed by atoms with E-state index in [0.29, 0.717) is 11.8 Å². The van der Waals surface area contributed by atoms with Crippen molar-refractivity contribution in [3.8, 4) is 11.5 Å². The van der Waals surface area contributed by atoms with E-state index in [1.165, 1.54) is 0 Å². The average Bonchev–Trinajstić information content (AvgIpc) is 3.17. The Morgan fingerprint density at radius 2 is 1.58 bits per heavy atom. The lowest BCUT2D eigenvalue weighted by atomic mass is 10.0. The van der Waals surface area contributed by atoms with Gasteiger partial charge in [0.1, 0.15) is 11.5 Å². The third-order valence-corrected chi connectivity index (χ3v) is 3.78. The molecule has 1 fully saturated rings. The van der Waals surface area contributed by atoms with Crippen molar-refractivity contribution in [2.75, 3.05) is 0 Å². The van der Waals surface area contributed by atoms with Gasteiger partial charge in [0, 0.05) is 0 Å². The standard InChI is InChI=1S/C17H18O2/c1-12-11-16(12)17(18)13-7-9-15(10-8-13)19-14-5-3-2-4-6-14/h2-10,12,16-18H,11H2,1H3. The molecule has 3 atom stereocenters. The second-order valence-corrected chi connectivity index (χ2v) is 5.31. The van der Waals surface area contributed by atoms with E-state index in [-0.39, 0.29) is 6.10 Å². The van der Waals surface area contributed by atoms with Crippen LogP contribution in [0.25, 0.3) is 0 Å². The zero-order valence-electron chi connectivity index (χ0n) is 11.0. The highest BCUT2D eigenvalue weighted by molar-refractivity contribution is 5.34. The van der Waals surface area contributed by atoms with Gasteiger partial charge in [-0.05, 0) is 48.1 Å². The van der Waals surface area contributed by atoms with Gasteiger partial charge in [0.15, 0.2) is 0 Å². The third kappa shape index (κ3) is 2.79. The first-order valence-corrected chi connectivity index (χ1v) is 6.75. The number of para-hydroxylation sites is 1. The lowest BCUT2D eigenvalue weighted by molar-refractivity contribution is 0.148. The Morgan fingerprint density at radius 3 is 2.16 bits per heavy atom. The third-order valence-electron chi connectivity index (χ3n) is 3.78. The van der Waals surface area contributed by atoms with E-state index in [2.05, 4.69) is 6.92 Å². The predicted molar refractivity (Wildman–Crippen MR) is 75.2 cm³/mol. The van der Waals surface area contributed by atoms with E-state index in [4.69, 9.17) is 4.74 Å². The second kappa shape index (κ2) is 5.06. The SMILES string of the molecule is CC1CC1C(O)c1ccc(Oc2ccccc2)cc1. The van der Waals surface area contributed by atoms with Crippen molar-refractivity contribution in [2.24, 2.45) is 11.8 Å². The summed E-state index contributed by atoms with van der Waals surface area (Å²) in [5, 5.41) is 10.2. The molecule has 19 heavy (non-hydrogen) atoms. The molecule has 1 N–H and O–H groups in total. The summed E-state index contributed by atoms with van der Waals surface area (Å²) in [4.78, 5) is 0. The summed E-state index contributed by atoms with van der Waals surface area (Å²) in [6, 6.07) is 17.4. The topological polar surface area (TPSA) is 29.5 Å². The molecule has 3 unspecified atom stereocenters. The zero-order valence-corrected chi connectivity index (χ0v) is 11.0. The monoisotopic (exact) mass is 254 g/mol. The maximum absolute atomic E-state index is 10.2. The van der Waals surface area contributed by atoms with Crippen LogP contribution in [0.5, 0.6) is 11.5 Å². The van der Waals surface area contributed by atoms with Crippen LogP contribution in [0.3, 0.4) is 0 Å². The summed E-state index contributed by atoms with van der Waals surface area (Å²) in [5.74, 6) is 2.70. The largest absolute Gasteiger partial charge is 0.457 e. The average molecular weight is 254 g/mol. The quantitative estimate of drug-likeness (QED) is 0.887. The van der Waals surface area contributed by atoms with Gasteiger partial charge in [0.2, 0.25) is 0 Å². The minimum Gasteiger partial charge on any atom is -0.457 e.